The summed E-state index contributed by atoms with van der Waals surface area (Å²) in [6, 6.07) is 4.03. The van der Waals surface area contributed by atoms with Gasteiger partial charge in [0, 0.05) is 30.3 Å². The van der Waals surface area contributed by atoms with Gasteiger partial charge in [0.25, 0.3) is 0 Å². The van der Waals surface area contributed by atoms with E-state index >= 15 is 0 Å². The lowest BCUT2D eigenvalue weighted by Crippen LogP contribution is -2.19. The average molecular weight is 315 g/mol. The van der Waals surface area contributed by atoms with Gasteiger partial charge in [-0.2, -0.15) is 0 Å². The van der Waals surface area contributed by atoms with E-state index in [1.165, 1.54) is 0 Å². The number of rotatable bonds is 1. The first-order valence-electron chi connectivity index (χ1n) is 8.25. The second-order valence-corrected chi connectivity index (χ2v) is 8.61. The predicted octanol–water partition coefficient (Wildman–Crippen LogP) is 4.23. The number of likely N-dealkylation sites (tertiary alicyclic amines) is 1. The van der Waals surface area contributed by atoms with Crippen LogP contribution in [-0.4, -0.2) is 29.5 Å². The van der Waals surface area contributed by atoms with Crippen molar-refractivity contribution in [3.05, 3.63) is 34.4 Å². The number of aromatic hydroxyl groups is 1. The van der Waals surface area contributed by atoms with Crippen LogP contribution in [0.25, 0.3) is 6.08 Å². The molecule has 2 rings (SSSR count). The lowest BCUT2D eigenvalue weighted by Gasteiger charge is -2.28. The molecule has 126 valence electrons. The minimum absolute atomic E-state index is 0.104. The van der Waals surface area contributed by atoms with Crippen LogP contribution in [-0.2, 0) is 15.6 Å². The molecule has 1 fully saturated rings. The van der Waals surface area contributed by atoms with Crippen molar-refractivity contribution >= 4 is 12.0 Å². The van der Waals surface area contributed by atoms with E-state index in [2.05, 4.69) is 41.5 Å². The summed E-state index contributed by atoms with van der Waals surface area (Å²) in [6.07, 6.45) is 2.77. The fraction of sp³-hybridized carbons (Fsp3) is 0.550. The van der Waals surface area contributed by atoms with Gasteiger partial charge in [-0.05, 0) is 41.0 Å². The summed E-state index contributed by atoms with van der Waals surface area (Å²) in [5, 5.41) is 10.7. The number of carbonyl (C=O) groups excluding carboxylic acids is 1. The van der Waals surface area contributed by atoms with Crippen molar-refractivity contribution in [1.82, 2.24) is 4.90 Å². The standard InChI is InChI=1S/C20H29NO2/c1-19(2,3)15-11-13(10-14-8-9-21(7)18(14)23)12-16(17(15)22)20(4,5)6/h10-12,22H,8-9H2,1-7H3/b14-10-. The van der Waals surface area contributed by atoms with Crippen molar-refractivity contribution in [1.29, 1.82) is 0 Å². The van der Waals surface area contributed by atoms with Crippen LogP contribution < -0.4 is 0 Å². The number of hydrogen-bond acceptors (Lipinski definition) is 2. The van der Waals surface area contributed by atoms with E-state index in [0.29, 0.717) is 5.75 Å². The summed E-state index contributed by atoms with van der Waals surface area (Å²) in [6.45, 7) is 13.4. The van der Waals surface area contributed by atoms with E-state index in [0.717, 1.165) is 35.2 Å². The van der Waals surface area contributed by atoms with E-state index in [9.17, 15) is 9.90 Å². The monoisotopic (exact) mass is 315 g/mol. The molecule has 1 heterocycles. The van der Waals surface area contributed by atoms with Gasteiger partial charge in [0.2, 0.25) is 5.91 Å². The van der Waals surface area contributed by atoms with Crippen LogP contribution in [0.15, 0.2) is 17.7 Å². The van der Waals surface area contributed by atoms with Crippen molar-refractivity contribution in [2.45, 2.75) is 58.8 Å². The number of likely N-dealkylation sites (N-methyl/N-ethyl adjacent to an activating group) is 1. The Labute approximate surface area is 140 Å². The molecule has 0 unspecified atom stereocenters. The van der Waals surface area contributed by atoms with Gasteiger partial charge in [-0.15, -0.1) is 0 Å². The first kappa shape index (κ1) is 17.6. The van der Waals surface area contributed by atoms with Crippen LogP contribution in [0.3, 0.4) is 0 Å². The molecule has 0 saturated carbocycles. The Morgan fingerprint density at radius 2 is 1.52 bits per heavy atom. The van der Waals surface area contributed by atoms with Crippen LogP contribution in [0.4, 0.5) is 0 Å². The highest BCUT2D eigenvalue weighted by Gasteiger charge is 2.27. The van der Waals surface area contributed by atoms with Gasteiger partial charge in [0.1, 0.15) is 5.75 Å². The van der Waals surface area contributed by atoms with Gasteiger partial charge in [-0.3, -0.25) is 4.79 Å². The molecule has 1 saturated heterocycles. The maximum Gasteiger partial charge on any atom is 0.249 e. The number of phenolic OH excluding ortho intramolecular Hbond substituents is 1. The zero-order valence-electron chi connectivity index (χ0n) is 15.4. The fourth-order valence-corrected chi connectivity index (χ4v) is 2.96. The number of hydrogen-bond donors (Lipinski definition) is 1. The molecule has 1 aromatic carbocycles. The fourth-order valence-electron chi connectivity index (χ4n) is 2.96. The molecule has 1 aliphatic heterocycles. The Morgan fingerprint density at radius 3 is 1.87 bits per heavy atom. The summed E-state index contributed by atoms with van der Waals surface area (Å²) in [4.78, 5) is 13.9. The predicted molar refractivity (Wildman–Crippen MR) is 95.7 cm³/mol. The van der Waals surface area contributed by atoms with Crippen molar-refractivity contribution in [2.24, 2.45) is 0 Å². The highest BCUT2D eigenvalue weighted by Crippen LogP contribution is 2.40. The number of phenols is 1. The second kappa shape index (κ2) is 5.70. The lowest BCUT2D eigenvalue weighted by molar-refractivity contribution is -0.123. The molecule has 3 heteroatoms. The first-order valence-corrected chi connectivity index (χ1v) is 8.25. The van der Waals surface area contributed by atoms with Crippen molar-refractivity contribution in [3.8, 4) is 5.75 Å². The highest BCUT2D eigenvalue weighted by molar-refractivity contribution is 5.99. The van der Waals surface area contributed by atoms with Crippen LogP contribution >= 0.6 is 0 Å². The van der Waals surface area contributed by atoms with E-state index in [-0.39, 0.29) is 16.7 Å². The summed E-state index contributed by atoms with van der Waals surface area (Å²) in [5.74, 6) is 0.481. The first-order chi connectivity index (χ1) is 10.4. The smallest absolute Gasteiger partial charge is 0.249 e. The molecule has 0 aromatic heterocycles. The molecule has 0 bridgehead atoms. The van der Waals surface area contributed by atoms with E-state index < -0.39 is 0 Å². The largest absolute Gasteiger partial charge is 0.507 e. The summed E-state index contributed by atoms with van der Waals surface area (Å²) in [5.41, 5.74) is 3.38. The van der Waals surface area contributed by atoms with Crippen molar-refractivity contribution in [3.63, 3.8) is 0 Å². The average Bonchev–Trinajstić information content (AvgIpc) is 2.70. The van der Waals surface area contributed by atoms with Crippen molar-refractivity contribution < 1.29 is 9.90 Å². The van der Waals surface area contributed by atoms with Crippen LogP contribution in [0.1, 0.15) is 64.7 Å². The maximum absolute atomic E-state index is 12.1. The van der Waals surface area contributed by atoms with Gasteiger partial charge >= 0.3 is 0 Å². The molecule has 23 heavy (non-hydrogen) atoms. The molecule has 1 amide bonds. The molecule has 1 aromatic rings. The van der Waals surface area contributed by atoms with Gasteiger partial charge < -0.3 is 10.0 Å². The number of carbonyl (C=O) groups is 1. The molecule has 3 nitrogen and oxygen atoms in total. The quantitative estimate of drug-likeness (QED) is 0.788. The van der Waals surface area contributed by atoms with Crippen LogP contribution in [0.2, 0.25) is 0 Å². The Kier molecular flexibility index (Phi) is 4.36. The third-order valence-corrected chi connectivity index (χ3v) is 4.43. The molecule has 0 aliphatic carbocycles. The molecular formula is C20H29NO2. The topological polar surface area (TPSA) is 40.5 Å². The maximum atomic E-state index is 12.1. The minimum Gasteiger partial charge on any atom is -0.507 e. The van der Waals surface area contributed by atoms with Crippen LogP contribution in [0, 0.1) is 0 Å². The molecule has 0 atom stereocenters. The SMILES string of the molecule is CN1CC/C(=C/c2cc(C(C)(C)C)c(O)c(C(C)(C)C)c2)C1=O. The zero-order chi connectivity index (χ0) is 17.6. The Morgan fingerprint density at radius 1 is 1.04 bits per heavy atom. The van der Waals surface area contributed by atoms with E-state index in [1.807, 2.05) is 25.3 Å². The van der Waals surface area contributed by atoms with E-state index in [1.54, 1.807) is 4.90 Å². The van der Waals surface area contributed by atoms with Gasteiger partial charge in [0.05, 0.1) is 0 Å². The van der Waals surface area contributed by atoms with Gasteiger partial charge in [0.15, 0.2) is 0 Å². The third kappa shape index (κ3) is 3.60. The third-order valence-electron chi connectivity index (χ3n) is 4.43. The Balaban J connectivity index is 2.62. The Hall–Kier alpha value is -1.77. The lowest BCUT2D eigenvalue weighted by atomic mass is 9.78. The number of amides is 1. The van der Waals surface area contributed by atoms with Gasteiger partial charge in [-0.1, -0.05) is 41.5 Å². The summed E-state index contributed by atoms with van der Waals surface area (Å²) >= 11 is 0. The molecule has 0 spiro atoms. The molecule has 1 aliphatic rings. The van der Waals surface area contributed by atoms with Crippen LogP contribution in [0.5, 0.6) is 5.75 Å². The second-order valence-electron chi connectivity index (χ2n) is 8.61. The molecular weight excluding hydrogens is 286 g/mol. The summed E-state index contributed by atoms with van der Waals surface area (Å²) in [7, 11) is 1.83. The minimum atomic E-state index is -0.158. The number of benzene rings is 1. The Bertz CT molecular complexity index is 622. The molecule has 0 radical (unpaired) electrons. The molecule has 1 N–H and O–H groups in total. The van der Waals surface area contributed by atoms with E-state index in [4.69, 9.17) is 0 Å². The van der Waals surface area contributed by atoms with Crippen molar-refractivity contribution in [2.75, 3.05) is 13.6 Å². The highest BCUT2D eigenvalue weighted by atomic mass is 16.3. The zero-order valence-corrected chi connectivity index (χ0v) is 15.4. The normalized spacial score (nSPS) is 18.1. The number of nitrogens with zero attached hydrogens (tertiary/aromatic N) is 1. The van der Waals surface area contributed by atoms with Gasteiger partial charge in [-0.25, -0.2) is 0 Å². The summed E-state index contributed by atoms with van der Waals surface area (Å²) < 4.78 is 0.